The summed E-state index contributed by atoms with van der Waals surface area (Å²) in [6.07, 6.45) is 8.78. The van der Waals surface area contributed by atoms with Crippen molar-refractivity contribution in [3.8, 4) is 22.8 Å². The second-order valence-corrected chi connectivity index (χ2v) is 8.05. The number of Topliss-reactive ketones (excluding diaryl/α,β-unsaturated/α-hetero) is 1. The number of hydrogen-bond donors (Lipinski definition) is 0. The quantitative estimate of drug-likeness (QED) is 0.273. The first kappa shape index (κ1) is 27.1. The van der Waals surface area contributed by atoms with Gasteiger partial charge in [0.25, 0.3) is 0 Å². The van der Waals surface area contributed by atoms with Gasteiger partial charge in [-0.05, 0) is 30.2 Å². The molecule has 0 amide bonds. The largest absolute Gasteiger partial charge is 0.542 e. The van der Waals surface area contributed by atoms with E-state index in [4.69, 9.17) is 9.47 Å². The SMILES string of the molecule is CC1CCC([C-]=O)CC1.CCC(=O)c1cc2nccc(-c3ccc(OC)c(OC)c3)n2n1.[U]. The minimum absolute atomic E-state index is 0. The Morgan fingerprint density at radius 2 is 1.79 bits per heavy atom. The van der Waals surface area contributed by atoms with E-state index in [0.717, 1.165) is 30.0 Å². The molecule has 0 saturated heterocycles. The fourth-order valence-corrected chi connectivity index (χ4v) is 3.80. The third kappa shape index (κ3) is 6.68. The first-order chi connectivity index (χ1) is 15.5. The Hall–Kier alpha value is -2.17. The third-order valence-electron chi connectivity index (χ3n) is 5.83. The predicted octanol–water partition coefficient (Wildman–Crippen LogP) is 4.93. The minimum Gasteiger partial charge on any atom is -0.542 e. The molecule has 0 aliphatic heterocycles. The van der Waals surface area contributed by atoms with Crippen molar-refractivity contribution < 1.29 is 50.2 Å². The molecule has 0 unspecified atom stereocenters. The van der Waals surface area contributed by atoms with Crippen LogP contribution in [-0.4, -0.2) is 40.9 Å². The van der Waals surface area contributed by atoms with Crippen LogP contribution in [0.4, 0.5) is 0 Å². The summed E-state index contributed by atoms with van der Waals surface area (Å²) in [6, 6.07) is 9.18. The molecule has 0 atom stereocenters. The van der Waals surface area contributed by atoms with Gasteiger partial charge in [-0.15, -0.1) is 5.92 Å². The van der Waals surface area contributed by atoms with E-state index in [9.17, 15) is 9.59 Å². The maximum absolute atomic E-state index is 11.9. The normalized spacial score (nSPS) is 17.3. The summed E-state index contributed by atoms with van der Waals surface area (Å²) < 4.78 is 12.3. The van der Waals surface area contributed by atoms with Crippen molar-refractivity contribution in [3.05, 3.63) is 42.2 Å². The average molecular weight is 675 g/mol. The van der Waals surface area contributed by atoms with Crippen molar-refractivity contribution in [2.45, 2.75) is 46.0 Å². The summed E-state index contributed by atoms with van der Waals surface area (Å²) in [5.41, 5.74) is 2.78. The number of benzene rings is 1. The molecule has 8 heteroatoms. The molecule has 1 aliphatic rings. The third-order valence-corrected chi connectivity index (χ3v) is 5.83. The summed E-state index contributed by atoms with van der Waals surface area (Å²) in [5.74, 6) is 2.39. The minimum atomic E-state index is -0.00578. The van der Waals surface area contributed by atoms with Crippen LogP contribution < -0.4 is 9.47 Å². The second kappa shape index (κ2) is 12.9. The standard InChI is InChI=1S/C17H17N3O3.C8H13O.U/c1-4-14(21)12-10-17-18-8-7-13(20(17)19-12)11-5-6-15(22-2)16(9-11)23-3;1-7-2-4-8(6-9)5-3-7;/h5-10H,4H2,1-3H3;7-8H,2-5H2,1H3;/q;-1;. The molecular formula is C25H30N3O4U-. The van der Waals surface area contributed by atoms with Gasteiger partial charge in [-0.3, -0.25) is 11.1 Å². The van der Waals surface area contributed by atoms with Gasteiger partial charge in [0, 0.05) is 55.4 Å². The zero-order valence-electron chi connectivity index (χ0n) is 19.6. The van der Waals surface area contributed by atoms with Crippen LogP contribution in [0.25, 0.3) is 16.9 Å². The van der Waals surface area contributed by atoms with E-state index in [1.54, 1.807) is 31.0 Å². The Morgan fingerprint density at radius 3 is 2.39 bits per heavy atom. The van der Waals surface area contributed by atoms with Gasteiger partial charge in [0.15, 0.2) is 22.9 Å². The molecule has 1 saturated carbocycles. The Bertz CT molecular complexity index is 1070. The van der Waals surface area contributed by atoms with Crippen LogP contribution in [0.15, 0.2) is 36.5 Å². The van der Waals surface area contributed by atoms with Gasteiger partial charge in [0.05, 0.1) is 19.9 Å². The summed E-state index contributed by atoms with van der Waals surface area (Å²) in [7, 11) is 3.19. The number of aromatic nitrogens is 3. The summed E-state index contributed by atoms with van der Waals surface area (Å²) >= 11 is 0. The zero-order valence-corrected chi connectivity index (χ0v) is 23.8. The van der Waals surface area contributed by atoms with Gasteiger partial charge in [-0.1, -0.05) is 39.5 Å². The molecule has 1 fully saturated rings. The van der Waals surface area contributed by atoms with Gasteiger partial charge < -0.3 is 14.3 Å². The van der Waals surface area contributed by atoms with Crippen molar-refractivity contribution in [1.29, 1.82) is 0 Å². The van der Waals surface area contributed by atoms with Crippen molar-refractivity contribution in [1.82, 2.24) is 14.6 Å². The topological polar surface area (TPSA) is 82.8 Å². The first-order valence-corrected chi connectivity index (χ1v) is 11.0. The number of ether oxygens (including phenoxy) is 2. The number of ketones is 1. The Kier molecular flexibility index (Phi) is 10.6. The molecule has 4 rings (SSSR count). The van der Waals surface area contributed by atoms with Crippen molar-refractivity contribution >= 4 is 17.7 Å². The van der Waals surface area contributed by atoms with Crippen molar-refractivity contribution in [2.75, 3.05) is 14.2 Å². The van der Waals surface area contributed by atoms with Crippen LogP contribution in [0, 0.1) is 42.9 Å². The second-order valence-electron chi connectivity index (χ2n) is 8.05. The summed E-state index contributed by atoms with van der Waals surface area (Å²) in [5, 5.41) is 4.39. The number of hydrogen-bond acceptors (Lipinski definition) is 6. The van der Waals surface area contributed by atoms with Gasteiger partial charge in [0.2, 0.25) is 0 Å². The summed E-state index contributed by atoms with van der Waals surface area (Å²) in [6.45, 7) is 4.07. The number of nitrogens with zero attached hydrogens (tertiary/aromatic N) is 3. The van der Waals surface area contributed by atoms with Gasteiger partial charge in [0.1, 0.15) is 5.69 Å². The number of fused-ring (bicyclic) bond motifs is 1. The molecule has 7 nitrogen and oxygen atoms in total. The Morgan fingerprint density at radius 1 is 1.09 bits per heavy atom. The Balaban J connectivity index is 0.000000326. The molecule has 2 aromatic heterocycles. The smallest absolute Gasteiger partial charge is 0.182 e. The maximum Gasteiger partial charge on any atom is 0.182 e. The fourth-order valence-electron chi connectivity index (χ4n) is 3.80. The Labute approximate surface area is 218 Å². The number of rotatable bonds is 6. The van der Waals surface area contributed by atoms with Crippen LogP contribution in [0.2, 0.25) is 0 Å². The molecule has 174 valence electrons. The predicted molar refractivity (Wildman–Crippen MR) is 123 cm³/mol. The number of methoxy groups -OCH3 is 2. The molecule has 3 aromatic rings. The van der Waals surface area contributed by atoms with Crippen LogP contribution in [0.3, 0.4) is 0 Å². The van der Waals surface area contributed by atoms with Crippen LogP contribution in [0.5, 0.6) is 11.5 Å². The van der Waals surface area contributed by atoms with Gasteiger partial charge in [-0.25, -0.2) is 9.50 Å². The molecular weight excluding hydrogens is 644 g/mol. The zero-order chi connectivity index (χ0) is 23.1. The van der Waals surface area contributed by atoms with E-state index in [1.807, 2.05) is 31.2 Å². The molecule has 2 heterocycles. The van der Waals surface area contributed by atoms with Gasteiger partial charge in [-0.2, -0.15) is 5.10 Å². The molecule has 0 spiro atoms. The van der Waals surface area contributed by atoms with E-state index < -0.39 is 0 Å². The molecule has 33 heavy (non-hydrogen) atoms. The van der Waals surface area contributed by atoms with E-state index in [0.29, 0.717) is 29.3 Å². The maximum atomic E-state index is 11.9. The number of carbonyl (C=O) groups excluding carboxylic acids is 2. The van der Waals surface area contributed by atoms with E-state index >= 15 is 0 Å². The van der Waals surface area contributed by atoms with Crippen molar-refractivity contribution in [3.63, 3.8) is 0 Å². The summed E-state index contributed by atoms with van der Waals surface area (Å²) in [4.78, 5) is 26.3. The van der Waals surface area contributed by atoms with E-state index in [-0.39, 0.29) is 42.8 Å². The van der Waals surface area contributed by atoms with E-state index in [2.05, 4.69) is 23.3 Å². The first-order valence-electron chi connectivity index (χ1n) is 11.0. The molecule has 1 aromatic carbocycles. The fraction of sp³-hybridized carbons (Fsp3) is 0.440. The van der Waals surface area contributed by atoms with Gasteiger partial charge >= 0.3 is 0 Å². The van der Waals surface area contributed by atoms with E-state index in [1.165, 1.54) is 12.8 Å². The average Bonchev–Trinajstić information content (AvgIpc) is 3.28. The van der Waals surface area contributed by atoms with Crippen LogP contribution in [0.1, 0.15) is 56.4 Å². The monoisotopic (exact) mass is 674 g/mol. The molecule has 0 radical (unpaired) electrons. The molecule has 1 aliphatic carbocycles. The number of carbonyl (C=O) groups is 1. The van der Waals surface area contributed by atoms with Crippen molar-refractivity contribution in [2.24, 2.45) is 11.8 Å². The van der Waals surface area contributed by atoms with Crippen LogP contribution in [-0.2, 0) is 4.79 Å². The van der Waals surface area contributed by atoms with Crippen LogP contribution >= 0.6 is 0 Å². The molecule has 0 bridgehead atoms. The molecule has 0 N–H and O–H groups in total.